The van der Waals surface area contributed by atoms with E-state index in [2.05, 4.69) is 32.9 Å². The number of fused-ring (bicyclic) bond motifs is 1. The molecule has 1 aliphatic carbocycles. The van der Waals surface area contributed by atoms with Gasteiger partial charge < -0.3 is 10.8 Å². The summed E-state index contributed by atoms with van der Waals surface area (Å²) in [6, 6.07) is 6.18. The van der Waals surface area contributed by atoms with Crippen LogP contribution in [0.15, 0.2) is 18.2 Å². The number of nitrogens with two attached hydrogens (primary N) is 1. The van der Waals surface area contributed by atoms with Crippen LogP contribution >= 0.6 is 0 Å². The summed E-state index contributed by atoms with van der Waals surface area (Å²) in [6.45, 7) is 6.58. The van der Waals surface area contributed by atoms with E-state index in [1.807, 2.05) is 6.07 Å². The van der Waals surface area contributed by atoms with Crippen molar-refractivity contribution in [3.63, 3.8) is 0 Å². The van der Waals surface area contributed by atoms with Gasteiger partial charge in [0.05, 0.1) is 6.10 Å². The Morgan fingerprint density at radius 2 is 2.00 bits per heavy atom. The van der Waals surface area contributed by atoms with Crippen LogP contribution in [0, 0.1) is 0 Å². The van der Waals surface area contributed by atoms with Crippen LogP contribution in [0.5, 0.6) is 0 Å². The van der Waals surface area contributed by atoms with Gasteiger partial charge in [-0.05, 0) is 28.5 Å². The van der Waals surface area contributed by atoms with Crippen LogP contribution in [0.25, 0.3) is 0 Å². The zero-order valence-electron chi connectivity index (χ0n) is 9.62. The standard InChI is InChI=1S/C13H19NO/c1-13(2,3)9-4-5-10-8(6-9)7-11(14)12(10)15/h4-6,11-12,15H,7,14H2,1-3H3. The maximum atomic E-state index is 9.82. The van der Waals surface area contributed by atoms with Gasteiger partial charge in [0, 0.05) is 6.04 Å². The second-order valence-electron chi connectivity index (χ2n) is 5.48. The molecule has 2 heteroatoms. The fourth-order valence-electron chi connectivity index (χ4n) is 2.13. The molecule has 0 radical (unpaired) electrons. The van der Waals surface area contributed by atoms with Crippen LogP contribution in [0.1, 0.15) is 43.6 Å². The van der Waals surface area contributed by atoms with E-state index in [0.717, 1.165) is 12.0 Å². The summed E-state index contributed by atoms with van der Waals surface area (Å²) < 4.78 is 0. The monoisotopic (exact) mass is 205 g/mol. The smallest absolute Gasteiger partial charge is 0.0946 e. The lowest BCUT2D eigenvalue weighted by Gasteiger charge is -2.20. The molecular formula is C13H19NO. The number of hydrogen-bond donors (Lipinski definition) is 2. The van der Waals surface area contributed by atoms with E-state index >= 15 is 0 Å². The van der Waals surface area contributed by atoms with Gasteiger partial charge in [0.25, 0.3) is 0 Å². The third-order valence-corrected chi connectivity index (χ3v) is 3.19. The lowest BCUT2D eigenvalue weighted by atomic mass is 9.85. The Balaban J connectivity index is 2.42. The van der Waals surface area contributed by atoms with Gasteiger partial charge in [0.1, 0.15) is 0 Å². The molecule has 2 unspecified atom stereocenters. The zero-order valence-corrected chi connectivity index (χ0v) is 9.62. The van der Waals surface area contributed by atoms with Crippen LogP contribution < -0.4 is 5.73 Å². The Morgan fingerprint density at radius 1 is 1.33 bits per heavy atom. The molecule has 0 saturated heterocycles. The molecule has 82 valence electrons. The Kier molecular flexibility index (Phi) is 2.36. The molecular weight excluding hydrogens is 186 g/mol. The molecule has 2 rings (SSSR count). The van der Waals surface area contributed by atoms with Crippen LogP contribution in [0.4, 0.5) is 0 Å². The fourth-order valence-corrected chi connectivity index (χ4v) is 2.13. The SMILES string of the molecule is CC(C)(C)c1ccc2c(c1)CC(N)C2O. The highest BCUT2D eigenvalue weighted by molar-refractivity contribution is 5.41. The van der Waals surface area contributed by atoms with Crippen molar-refractivity contribution in [2.24, 2.45) is 5.73 Å². The molecule has 0 saturated carbocycles. The molecule has 0 aliphatic heterocycles. The quantitative estimate of drug-likeness (QED) is 0.679. The van der Waals surface area contributed by atoms with Crippen LogP contribution in [0.3, 0.4) is 0 Å². The fraction of sp³-hybridized carbons (Fsp3) is 0.538. The van der Waals surface area contributed by atoms with Crippen molar-refractivity contribution >= 4 is 0 Å². The molecule has 0 heterocycles. The Hall–Kier alpha value is -0.860. The first-order valence-electron chi connectivity index (χ1n) is 5.46. The minimum Gasteiger partial charge on any atom is -0.387 e. The molecule has 0 amide bonds. The largest absolute Gasteiger partial charge is 0.387 e. The predicted octanol–water partition coefficient (Wildman–Crippen LogP) is 1.90. The first-order valence-corrected chi connectivity index (χ1v) is 5.46. The molecule has 1 aromatic carbocycles. The van der Waals surface area contributed by atoms with Crippen molar-refractivity contribution in [3.8, 4) is 0 Å². The number of rotatable bonds is 0. The molecule has 2 atom stereocenters. The van der Waals surface area contributed by atoms with Gasteiger partial charge >= 0.3 is 0 Å². The predicted molar refractivity (Wildman–Crippen MR) is 61.8 cm³/mol. The number of hydrogen-bond acceptors (Lipinski definition) is 2. The summed E-state index contributed by atoms with van der Waals surface area (Å²) in [5.74, 6) is 0. The first-order chi connectivity index (χ1) is 6.89. The maximum absolute atomic E-state index is 9.82. The highest BCUT2D eigenvalue weighted by Gasteiger charge is 2.29. The van der Waals surface area contributed by atoms with Crippen molar-refractivity contribution in [1.29, 1.82) is 0 Å². The third-order valence-electron chi connectivity index (χ3n) is 3.19. The van der Waals surface area contributed by atoms with Crippen molar-refractivity contribution < 1.29 is 5.11 Å². The highest BCUT2D eigenvalue weighted by Crippen LogP contribution is 2.33. The van der Waals surface area contributed by atoms with Crippen molar-refractivity contribution in [3.05, 3.63) is 34.9 Å². The van der Waals surface area contributed by atoms with E-state index in [4.69, 9.17) is 5.73 Å². The number of aliphatic hydroxyl groups is 1. The summed E-state index contributed by atoms with van der Waals surface area (Å²) in [4.78, 5) is 0. The van der Waals surface area contributed by atoms with Gasteiger partial charge in [-0.3, -0.25) is 0 Å². The van der Waals surface area contributed by atoms with E-state index in [1.54, 1.807) is 0 Å². The van der Waals surface area contributed by atoms with Crippen LogP contribution in [-0.2, 0) is 11.8 Å². The summed E-state index contributed by atoms with van der Waals surface area (Å²) in [5.41, 5.74) is 9.53. The van der Waals surface area contributed by atoms with Crippen LogP contribution in [-0.4, -0.2) is 11.1 Å². The molecule has 0 spiro atoms. The minimum absolute atomic E-state index is 0.129. The van der Waals surface area contributed by atoms with Crippen molar-refractivity contribution in [1.82, 2.24) is 0 Å². The summed E-state index contributed by atoms with van der Waals surface area (Å²) >= 11 is 0. The molecule has 2 nitrogen and oxygen atoms in total. The minimum atomic E-state index is -0.478. The summed E-state index contributed by atoms with van der Waals surface area (Å²) in [6.07, 6.45) is 0.314. The average molecular weight is 205 g/mol. The van der Waals surface area contributed by atoms with Crippen molar-refractivity contribution in [2.75, 3.05) is 0 Å². The second kappa shape index (κ2) is 3.32. The van der Waals surface area contributed by atoms with Gasteiger partial charge in [-0.25, -0.2) is 0 Å². The Bertz CT molecular complexity index is 379. The molecule has 0 fully saturated rings. The summed E-state index contributed by atoms with van der Waals surface area (Å²) in [5, 5.41) is 9.82. The second-order valence-corrected chi connectivity index (χ2v) is 5.48. The van der Waals surface area contributed by atoms with E-state index in [1.165, 1.54) is 11.1 Å². The molecule has 1 aliphatic rings. The topological polar surface area (TPSA) is 46.2 Å². The molecule has 1 aromatic rings. The average Bonchev–Trinajstić information content (AvgIpc) is 2.41. The van der Waals surface area contributed by atoms with E-state index in [0.29, 0.717) is 0 Å². The van der Waals surface area contributed by atoms with E-state index in [9.17, 15) is 5.11 Å². The van der Waals surface area contributed by atoms with Gasteiger partial charge in [-0.1, -0.05) is 39.0 Å². The molecule has 0 bridgehead atoms. The van der Waals surface area contributed by atoms with E-state index < -0.39 is 6.10 Å². The third kappa shape index (κ3) is 1.80. The van der Waals surface area contributed by atoms with Gasteiger partial charge in [0.15, 0.2) is 0 Å². The summed E-state index contributed by atoms with van der Waals surface area (Å²) in [7, 11) is 0. The van der Waals surface area contributed by atoms with Crippen molar-refractivity contribution in [2.45, 2.75) is 44.8 Å². The Labute approximate surface area is 91.1 Å². The molecule has 15 heavy (non-hydrogen) atoms. The van der Waals surface area contributed by atoms with E-state index in [-0.39, 0.29) is 11.5 Å². The van der Waals surface area contributed by atoms with Crippen LogP contribution in [0.2, 0.25) is 0 Å². The number of aliphatic hydroxyl groups excluding tert-OH is 1. The van der Waals surface area contributed by atoms with Gasteiger partial charge in [-0.2, -0.15) is 0 Å². The Morgan fingerprint density at radius 3 is 2.60 bits per heavy atom. The lowest BCUT2D eigenvalue weighted by molar-refractivity contribution is 0.159. The zero-order chi connectivity index (χ0) is 11.2. The van der Waals surface area contributed by atoms with Gasteiger partial charge in [0.2, 0.25) is 0 Å². The molecule has 0 aromatic heterocycles. The van der Waals surface area contributed by atoms with Gasteiger partial charge in [-0.15, -0.1) is 0 Å². The number of benzene rings is 1. The lowest BCUT2D eigenvalue weighted by Crippen LogP contribution is -2.24. The highest BCUT2D eigenvalue weighted by atomic mass is 16.3. The maximum Gasteiger partial charge on any atom is 0.0946 e. The normalized spacial score (nSPS) is 25.4. The molecule has 3 N–H and O–H groups in total. The first kappa shape index (κ1) is 10.7.